The molecule has 1 unspecified atom stereocenters. The second-order valence-electron chi connectivity index (χ2n) is 16.0. The summed E-state index contributed by atoms with van der Waals surface area (Å²) in [7, 11) is 0. The van der Waals surface area contributed by atoms with Gasteiger partial charge in [-0.25, -0.2) is 0 Å². The number of carbonyl (C=O) groups excluding carboxylic acids is 3. The van der Waals surface area contributed by atoms with Crippen LogP contribution in [0.5, 0.6) is 0 Å². The summed E-state index contributed by atoms with van der Waals surface area (Å²) in [6, 6.07) is 0. The minimum absolute atomic E-state index is 0.0689. The molecule has 6 nitrogen and oxygen atoms in total. The van der Waals surface area contributed by atoms with Crippen molar-refractivity contribution in [2.75, 3.05) is 13.2 Å². The Morgan fingerprint density at radius 1 is 0.352 bits per heavy atom. The third-order valence-electron chi connectivity index (χ3n) is 10.5. The van der Waals surface area contributed by atoms with E-state index in [9.17, 15) is 14.4 Å². The Bertz CT molecular complexity index is 839. The fourth-order valence-corrected chi connectivity index (χ4v) is 6.89. The van der Waals surface area contributed by atoms with Gasteiger partial charge in [0.05, 0.1) is 0 Å². The molecule has 0 radical (unpaired) electrons. The fourth-order valence-electron chi connectivity index (χ4n) is 6.89. The van der Waals surface area contributed by atoms with Gasteiger partial charge < -0.3 is 14.2 Å². The Labute approximate surface area is 335 Å². The standard InChI is InChI=1S/C48H90O6/c1-4-7-10-13-16-19-21-22-23-24-25-27-29-32-35-38-41-47(50)53-44-45(43-52-46(49)40-37-34-31-28-18-15-12-9-6-3)54-48(51)42-39-36-33-30-26-20-17-14-11-8-5-2/h14,17,45H,4-13,15-16,18-44H2,1-3H3/b17-14-. The lowest BCUT2D eigenvalue weighted by Crippen LogP contribution is -2.30. The highest BCUT2D eigenvalue weighted by molar-refractivity contribution is 5.71. The maximum atomic E-state index is 12.7. The van der Waals surface area contributed by atoms with Crippen LogP contribution in [-0.2, 0) is 28.6 Å². The van der Waals surface area contributed by atoms with E-state index in [1.54, 1.807) is 0 Å². The first-order valence-corrected chi connectivity index (χ1v) is 23.7. The third kappa shape index (κ3) is 41.3. The van der Waals surface area contributed by atoms with Gasteiger partial charge in [-0.2, -0.15) is 0 Å². The fraction of sp³-hybridized carbons (Fsp3) is 0.896. The van der Waals surface area contributed by atoms with Gasteiger partial charge in [0.2, 0.25) is 0 Å². The predicted molar refractivity (Wildman–Crippen MR) is 229 cm³/mol. The summed E-state index contributed by atoms with van der Waals surface area (Å²) in [5, 5.41) is 0. The van der Waals surface area contributed by atoms with Gasteiger partial charge in [0.1, 0.15) is 13.2 Å². The Balaban J connectivity index is 4.28. The molecule has 0 amide bonds. The highest BCUT2D eigenvalue weighted by Crippen LogP contribution is 2.16. The lowest BCUT2D eigenvalue weighted by molar-refractivity contribution is -0.167. The van der Waals surface area contributed by atoms with Gasteiger partial charge in [-0.15, -0.1) is 0 Å². The van der Waals surface area contributed by atoms with Crippen LogP contribution in [0.3, 0.4) is 0 Å². The van der Waals surface area contributed by atoms with Crippen LogP contribution >= 0.6 is 0 Å². The maximum Gasteiger partial charge on any atom is 0.306 e. The molecular weight excluding hydrogens is 673 g/mol. The van der Waals surface area contributed by atoms with Crippen molar-refractivity contribution in [2.24, 2.45) is 0 Å². The smallest absolute Gasteiger partial charge is 0.306 e. The lowest BCUT2D eigenvalue weighted by Gasteiger charge is -2.18. The molecule has 0 saturated heterocycles. The summed E-state index contributed by atoms with van der Waals surface area (Å²) in [5.74, 6) is -0.871. The molecule has 0 aromatic rings. The average molecular weight is 763 g/mol. The lowest BCUT2D eigenvalue weighted by atomic mass is 10.0. The van der Waals surface area contributed by atoms with E-state index in [2.05, 4.69) is 32.9 Å². The molecule has 6 heteroatoms. The van der Waals surface area contributed by atoms with E-state index in [4.69, 9.17) is 14.2 Å². The van der Waals surface area contributed by atoms with E-state index < -0.39 is 6.10 Å². The van der Waals surface area contributed by atoms with Crippen molar-refractivity contribution in [2.45, 2.75) is 264 Å². The largest absolute Gasteiger partial charge is 0.462 e. The van der Waals surface area contributed by atoms with Crippen molar-refractivity contribution >= 4 is 17.9 Å². The van der Waals surface area contributed by atoms with Crippen LogP contribution in [0.25, 0.3) is 0 Å². The van der Waals surface area contributed by atoms with Gasteiger partial charge >= 0.3 is 17.9 Å². The summed E-state index contributed by atoms with van der Waals surface area (Å²) >= 11 is 0. The van der Waals surface area contributed by atoms with Crippen LogP contribution in [0.15, 0.2) is 12.2 Å². The first-order valence-electron chi connectivity index (χ1n) is 23.7. The van der Waals surface area contributed by atoms with Crippen LogP contribution in [0.1, 0.15) is 258 Å². The second-order valence-corrected chi connectivity index (χ2v) is 16.0. The Kier molecular flexibility index (Phi) is 42.4. The zero-order valence-corrected chi connectivity index (χ0v) is 36.3. The number of rotatable bonds is 43. The number of carbonyl (C=O) groups is 3. The van der Waals surface area contributed by atoms with Gasteiger partial charge in [0.25, 0.3) is 0 Å². The normalized spacial score (nSPS) is 12.0. The topological polar surface area (TPSA) is 78.9 Å². The predicted octanol–water partition coefficient (Wildman–Crippen LogP) is 15.0. The molecular formula is C48H90O6. The highest BCUT2D eigenvalue weighted by Gasteiger charge is 2.19. The molecule has 0 bridgehead atoms. The van der Waals surface area contributed by atoms with Crippen molar-refractivity contribution in [3.8, 4) is 0 Å². The first-order chi connectivity index (χ1) is 26.5. The molecule has 0 aromatic heterocycles. The summed E-state index contributed by atoms with van der Waals surface area (Å²) in [6.07, 6.45) is 46.2. The monoisotopic (exact) mass is 763 g/mol. The average Bonchev–Trinajstić information content (AvgIpc) is 3.17. The van der Waals surface area contributed by atoms with Crippen LogP contribution in [0.4, 0.5) is 0 Å². The van der Waals surface area contributed by atoms with E-state index in [0.29, 0.717) is 19.3 Å². The molecule has 0 fully saturated rings. The molecule has 318 valence electrons. The van der Waals surface area contributed by atoms with Crippen LogP contribution in [0.2, 0.25) is 0 Å². The molecule has 0 aliphatic heterocycles. The summed E-state index contributed by atoms with van der Waals surface area (Å²) in [6.45, 7) is 6.59. The van der Waals surface area contributed by atoms with Crippen LogP contribution < -0.4 is 0 Å². The van der Waals surface area contributed by atoms with Gasteiger partial charge in [-0.05, 0) is 38.5 Å². The van der Waals surface area contributed by atoms with E-state index in [0.717, 1.165) is 64.2 Å². The number of esters is 3. The zero-order chi connectivity index (χ0) is 39.4. The van der Waals surface area contributed by atoms with E-state index in [-0.39, 0.29) is 31.1 Å². The van der Waals surface area contributed by atoms with Crippen molar-refractivity contribution in [3.05, 3.63) is 12.2 Å². The van der Waals surface area contributed by atoms with Gasteiger partial charge in [0, 0.05) is 19.3 Å². The van der Waals surface area contributed by atoms with E-state index in [1.807, 2.05) is 0 Å². The molecule has 0 rings (SSSR count). The number of unbranched alkanes of at least 4 members (excludes halogenated alkanes) is 30. The minimum Gasteiger partial charge on any atom is -0.462 e. The number of ether oxygens (including phenoxy) is 3. The molecule has 54 heavy (non-hydrogen) atoms. The van der Waals surface area contributed by atoms with Gasteiger partial charge in [0.15, 0.2) is 6.10 Å². The molecule has 0 saturated carbocycles. The summed E-state index contributed by atoms with van der Waals surface area (Å²) < 4.78 is 16.7. The van der Waals surface area contributed by atoms with Gasteiger partial charge in [-0.1, -0.05) is 213 Å². The number of hydrogen-bond acceptors (Lipinski definition) is 6. The van der Waals surface area contributed by atoms with Crippen molar-refractivity contribution in [1.29, 1.82) is 0 Å². The van der Waals surface area contributed by atoms with Crippen molar-refractivity contribution in [1.82, 2.24) is 0 Å². The van der Waals surface area contributed by atoms with Gasteiger partial charge in [-0.3, -0.25) is 14.4 Å². The molecule has 1 atom stereocenters. The quantitative estimate of drug-likeness (QED) is 0.0266. The number of allylic oxidation sites excluding steroid dienone is 2. The van der Waals surface area contributed by atoms with E-state index >= 15 is 0 Å². The molecule has 0 aliphatic carbocycles. The van der Waals surface area contributed by atoms with Crippen LogP contribution in [0, 0.1) is 0 Å². The number of hydrogen-bond donors (Lipinski definition) is 0. The SMILES string of the molecule is CCCC/C=C\CCCCCCCC(=O)OC(COC(=O)CCCCCCCCCCC)COC(=O)CCCCCCCCCCCCCCCCCC. The molecule has 0 N–H and O–H groups in total. The van der Waals surface area contributed by atoms with Crippen molar-refractivity contribution in [3.63, 3.8) is 0 Å². The Hall–Kier alpha value is -1.85. The minimum atomic E-state index is -0.765. The third-order valence-corrected chi connectivity index (χ3v) is 10.5. The first kappa shape index (κ1) is 52.2. The van der Waals surface area contributed by atoms with Crippen LogP contribution in [-0.4, -0.2) is 37.2 Å². The molecule has 0 aromatic carbocycles. The molecule has 0 aliphatic rings. The summed E-state index contributed by atoms with van der Waals surface area (Å²) in [4.78, 5) is 37.7. The van der Waals surface area contributed by atoms with Crippen molar-refractivity contribution < 1.29 is 28.6 Å². The van der Waals surface area contributed by atoms with E-state index in [1.165, 1.54) is 154 Å². The maximum absolute atomic E-state index is 12.7. The zero-order valence-electron chi connectivity index (χ0n) is 36.3. The molecule has 0 heterocycles. The Morgan fingerprint density at radius 2 is 0.630 bits per heavy atom. The molecule has 0 spiro atoms. The Morgan fingerprint density at radius 3 is 0.981 bits per heavy atom. The highest BCUT2D eigenvalue weighted by atomic mass is 16.6. The summed E-state index contributed by atoms with van der Waals surface area (Å²) in [5.41, 5.74) is 0. The second kappa shape index (κ2) is 43.9.